The second-order valence-corrected chi connectivity index (χ2v) is 5.46. The molecule has 2 saturated heterocycles. The number of nitrogens with one attached hydrogen (secondary N) is 1. The molecular formula is C13H27ClN2. The molecule has 96 valence electrons. The molecule has 1 atom stereocenters. The van der Waals surface area contributed by atoms with Crippen molar-refractivity contribution < 1.29 is 0 Å². The first-order valence-electron chi connectivity index (χ1n) is 6.80. The molecule has 0 bridgehead atoms. The SMILES string of the molecule is CC1CCN(CCC2CCCCN2)CC1.Cl. The number of rotatable bonds is 3. The van der Waals surface area contributed by atoms with Gasteiger partial charge in [-0.05, 0) is 64.2 Å². The van der Waals surface area contributed by atoms with Gasteiger partial charge in [0.15, 0.2) is 0 Å². The van der Waals surface area contributed by atoms with Crippen molar-refractivity contribution in [3.05, 3.63) is 0 Å². The monoisotopic (exact) mass is 246 g/mol. The molecule has 2 heterocycles. The summed E-state index contributed by atoms with van der Waals surface area (Å²) in [5, 5.41) is 3.64. The minimum atomic E-state index is 0. The van der Waals surface area contributed by atoms with Gasteiger partial charge in [-0.3, -0.25) is 0 Å². The molecule has 0 aromatic rings. The predicted octanol–water partition coefficient (Wildman–Crippen LogP) is 2.67. The van der Waals surface area contributed by atoms with Gasteiger partial charge in [0, 0.05) is 6.04 Å². The Kier molecular flexibility index (Phi) is 6.71. The number of nitrogens with zero attached hydrogens (tertiary/aromatic N) is 1. The Bertz CT molecular complexity index is 173. The van der Waals surface area contributed by atoms with Crippen LogP contribution in [-0.4, -0.2) is 37.1 Å². The molecule has 0 aromatic heterocycles. The van der Waals surface area contributed by atoms with Crippen LogP contribution in [0.3, 0.4) is 0 Å². The van der Waals surface area contributed by atoms with Crippen LogP contribution in [0.5, 0.6) is 0 Å². The lowest BCUT2D eigenvalue weighted by atomic mass is 9.98. The van der Waals surface area contributed by atoms with Crippen molar-refractivity contribution in [1.29, 1.82) is 0 Å². The third-order valence-electron chi connectivity index (χ3n) is 4.08. The Balaban J connectivity index is 0.00000128. The Morgan fingerprint density at radius 2 is 1.88 bits per heavy atom. The maximum absolute atomic E-state index is 3.64. The second kappa shape index (κ2) is 7.52. The zero-order valence-corrected chi connectivity index (χ0v) is 11.4. The molecular weight excluding hydrogens is 220 g/mol. The van der Waals surface area contributed by atoms with Crippen LogP contribution in [0, 0.1) is 5.92 Å². The lowest BCUT2D eigenvalue weighted by Gasteiger charge is -2.32. The van der Waals surface area contributed by atoms with Crippen LogP contribution in [0.1, 0.15) is 45.4 Å². The van der Waals surface area contributed by atoms with Crippen LogP contribution < -0.4 is 5.32 Å². The van der Waals surface area contributed by atoms with Gasteiger partial charge in [-0.1, -0.05) is 13.3 Å². The van der Waals surface area contributed by atoms with Gasteiger partial charge in [0.1, 0.15) is 0 Å². The molecule has 1 unspecified atom stereocenters. The van der Waals surface area contributed by atoms with E-state index >= 15 is 0 Å². The van der Waals surface area contributed by atoms with Crippen LogP contribution in [-0.2, 0) is 0 Å². The highest BCUT2D eigenvalue weighted by molar-refractivity contribution is 5.85. The minimum Gasteiger partial charge on any atom is -0.314 e. The molecule has 2 rings (SSSR count). The highest BCUT2D eigenvalue weighted by atomic mass is 35.5. The van der Waals surface area contributed by atoms with Crippen molar-refractivity contribution in [2.24, 2.45) is 5.92 Å². The van der Waals surface area contributed by atoms with E-state index in [9.17, 15) is 0 Å². The summed E-state index contributed by atoms with van der Waals surface area (Å²) in [7, 11) is 0. The predicted molar refractivity (Wildman–Crippen MR) is 72.3 cm³/mol. The van der Waals surface area contributed by atoms with Gasteiger partial charge in [-0.25, -0.2) is 0 Å². The third-order valence-corrected chi connectivity index (χ3v) is 4.08. The van der Waals surface area contributed by atoms with E-state index in [2.05, 4.69) is 17.1 Å². The summed E-state index contributed by atoms with van der Waals surface area (Å²) < 4.78 is 0. The molecule has 2 nitrogen and oxygen atoms in total. The van der Waals surface area contributed by atoms with E-state index < -0.39 is 0 Å². The van der Waals surface area contributed by atoms with Crippen molar-refractivity contribution in [3.63, 3.8) is 0 Å². The Labute approximate surface area is 107 Å². The lowest BCUT2D eigenvalue weighted by Crippen LogP contribution is -2.39. The Hall–Kier alpha value is 0.210. The van der Waals surface area contributed by atoms with Crippen LogP contribution in [0.4, 0.5) is 0 Å². The number of likely N-dealkylation sites (tertiary alicyclic amines) is 1. The quantitative estimate of drug-likeness (QED) is 0.824. The fraction of sp³-hybridized carbons (Fsp3) is 1.00. The summed E-state index contributed by atoms with van der Waals surface area (Å²) in [5.41, 5.74) is 0. The zero-order valence-electron chi connectivity index (χ0n) is 10.6. The minimum absolute atomic E-state index is 0. The van der Waals surface area contributed by atoms with E-state index in [0.29, 0.717) is 0 Å². The van der Waals surface area contributed by atoms with Crippen LogP contribution in [0.15, 0.2) is 0 Å². The smallest absolute Gasteiger partial charge is 0.00792 e. The fourth-order valence-electron chi connectivity index (χ4n) is 2.79. The first kappa shape index (κ1) is 14.3. The average Bonchev–Trinajstić information content (AvgIpc) is 2.30. The molecule has 0 saturated carbocycles. The van der Waals surface area contributed by atoms with Crippen molar-refractivity contribution in [1.82, 2.24) is 10.2 Å². The summed E-state index contributed by atoms with van der Waals surface area (Å²) in [6.07, 6.45) is 8.43. The molecule has 1 N–H and O–H groups in total. The van der Waals surface area contributed by atoms with Crippen molar-refractivity contribution in [2.45, 2.75) is 51.5 Å². The largest absolute Gasteiger partial charge is 0.314 e. The van der Waals surface area contributed by atoms with E-state index in [1.807, 2.05) is 0 Å². The van der Waals surface area contributed by atoms with Gasteiger partial charge >= 0.3 is 0 Å². The van der Waals surface area contributed by atoms with E-state index in [-0.39, 0.29) is 12.4 Å². The second-order valence-electron chi connectivity index (χ2n) is 5.46. The molecule has 0 spiro atoms. The maximum atomic E-state index is 3.64. The van der Waals surface area contributed by atoms with Gasteiger partial charge in [-0.2, -0.15) is 0 Å². The summed E-state index contributed by atoms with van der Waals surface area (Å²) in [6, 6.07) is 0.818. The van der Waals surface area contributed by atoms with E-state index in [0.717, 1.165) is 12.0 Å². The zero-order chi connectivity index (χ0) is 10.5. The average molecular weight is 247 g/mol. The Morgan fingerprint density at radius 3 is 2.50 bits per heavy atom. The number of hydrogen-bond donors (Lipinski definition) is 1. The maximum Gasteiger partial charge on any atom is 0.00792 e. The van der Waals surface area contributed by atoms with Crippen LogP contribution in [0.2, 0.25) is 0 Å². The molecule has 0 radical (unpaired) electrons. The van der Waals surface area contributed by atoms with Crippen molar-refractivity contribution in [2.75, 3.05) is 26.2 Å². The van der Waals surface area contributed by atoms with Crippen molar-refractivity contribution >= 4 is 12.4 Å². The van der Waals surface area contributed by atoms with E-state index in [1.54, 1.807) is 0 Å². The standard InChI is InChI=1S/C13H26N2.ClH/c1-12-5-9-15(10-6-12)11-7-13-4-2-3-8-14-13;/h12-14H,2-11H2,1H3;1H. The third kappa shape index (κ3) is 4.60. The lowest BCUT2D eigenvalue weighted by molar-refractivity contribution is 0.180. The number of hydrogen-bond acceptors (Lipinski definition) is 2. The summed E-state index contributed by atoms with van der Waals surface area (Å²) in [6.45, 7) is 7.65. The van der Waals surface area contributed by atoms with E-state index in [4.69, 9.17) is 0 Å². The molecule has 16 heavy (non-hydrogen) atoms. The van der Waals surface area contributed by atoms with Gasteiger partial charge < -0.3 is 10.2 Å². The summed E-state index contributed by atoms with van der Waals surface area (Å²) in [5.74, 6) is 0.967. The fourth-order valence-corrected chi connectivity index (χ4v) is 2.79. The molecule has 0 aliphatic carbocycles. The van der Waals surface area contributed by atoms with Gasteiger partial charge in [-0.15, -0.1) is 12.4 Å². The molecule has 3 heteroatoms. The molecule has 2 aliphatic heterocycles. The number of halogens is 1. The Morgan fingerprint density at radius 1 is 1.12 bits per heavy atom. The molecule has 2 fully saturated rings. The topological polar surface area (TPSA) is 15.3 Å². The summed E-state index contributed by atoms with van der Waals surface area (Å²) in [4.78, 5) is 2.66. The van der Waals surface area contributed by atoms with Gasteiger partial charge in [0.2, 0.25) is 0 Å². The molecule has 0 amide bonds. The van der Waals surface area contributed by atoms with Gasteiger partial charge in [0.25, 0.3) is 0 Å². The van der Waals surface area contributed by atoms with E-state index in [1.165, 1.54) is 64.7 Å². The van der Waals surface area contributed by atoms with Crippen LogP contribution >= 0.6 is 12.4 Å². The first-order chi connectivity index (χ1) is 7.34. The summed E-state index contributed by atoms with van der Waals surface area (Å²) >= 11 is 0. The van der Waals surface area contributed by atoms with Gasteiger partial charge in [0.05, 0.1) is 0 Å². The first-order valence-corrected chi connectivity index (χ1v) is 6.80. The normalized spacial score (nSPS) is 28.7. The molecule has 0 aromatic carbocycles. The highest BCUT2D eigenvalue weighted by Gasteiger charge is 2.17. The van der Waals surface area contributed by atoms with Crippen molar-refractivity contribution in [3.8, 4) is 0 Å². The highest BCUT2D eigenvalue weighted by Crippen LogP contribution is 2.17. The van der Waals surface area contributed by atoms with Crippen LogP contribution in [0.25, 0.3) is 0 Å². The number of piperidine rings is 2. The molecule has 2 aliphatic rings.